The summed E-state index contributed by atoms with van der Waals surface area (Å²) in [6.45, 7) is 17.1. The Bertz CT molecular complexity index is 490. The Morgan fingerprint density at radius 2 is 1.76 bits per heavy atom. The number of hydrogen-bond donors (Lipinski definition) is 0. The normalized spacial score (nSPS) is 12.6. The Hall–Kier alpha value is -1.32. The van der Waals surface area contributed by atoms with Crippen LogP contribution in [0.5, 0.6) is 0 Å². The number of carbonyl (C=O) groups excluding carboxylic acids is 1. The molecule has 0 aliphatic carbocycles. The van der Waals surface area contributed by atoms with Crippen molar-refractivity contribution in [2.24, 2.45) is 0 Å². The number of rotatable bonds is 4. The van der Waals surface area contributed by atoms with E-state index in [1.54, 1.807) is 0 Å². The van der Waals surface area contributed by atoms with Crippen molar-refractivity contribution in [1.82, 2.24) is 9.88 Å². The molecule has 0 atom stereocenters. The van der Waals surface area contributed by atoms with Crippen molar-refractivity contribution < 1.29 is 9.21 Å². The zero-order valence-corrected chi connectivity index (χ0v) is 14.8. The minimum atomic E-state index is -0.140. The summed E-state index contributed by atoms with van der Waals surface area (Å²) in [6, 6.07) is 0. The van der Waals surface area contributed by atoms with Crippen LogP contribution in [-0.4, -0.2) is 27.9 Å². The predicted molar refractivity (Wildman–Crippen MR) is 85.4 cm³/mol. The number of aromatic nitrogens is 1. The van der Waals surface area contributed by atoms with Crippen molar-refractivity contribution in [2.75, 3.05) is 6.54 Å². The van der Waals surface area contributed by atoms with Gasteiger partial charge in [-0.05, 0) is 34.6 Å². The zero-order valence-electron chi connectivity index (χ0n) is 14.8. The monoisotopic (exact) mass is 294 g/mol. The van der Waals surface area contributed by atoms with Crippen molar-refractivity contribution in [1.29, 1.82) is 0 Å². The SMILES string of the molecule is CCN(C(=O)CCc1oc(C(C)(C)C)nc1C)C(C)(C)C. The molecule has 0 bridgehead atoms. The number of nitrogens with zero attached hydrogens (tertiary/aromatic N) is 2. The third kappa shape index (κ3) is 4.58. The first-order valence-corrected chi connectivity index (χ1v) is 7.74. The van der Waals surface area contributed by atoms with E-state index in [-0.39, 0.29) is 16.9 Å². The van der Waals surface area contributed by atoms with Crippen molar-refractivity contribution in [3.05, 3.63) is 17.3 Å². The van der Waals surface area contributed by atoms with E-state index < -0.39 is 0 Å². The lowest BCUT2D eigenvalue weighted by atomic mass is 9.97. The summed E-state index contributed by atoms with van der Waals surface area (Å²) in [7, 11) is 0. The quantitative estimate of drug-likeness (QED) is 0.847. The molecule has 4 heteroatoms. The van der Waals surface area contributed by atoms with Crippen molar-refractivity contribution >= 4 is 5.91 Å². The van der Waals surface area contributed by atoms with Crippen molar-refractivity contribution in [3.8, 4) is 0 Å². The van der Waals surface area contributed by atoms with E-state index in [0.717, 1.165) is 23.9 Å². The maximum atomic E-state index is 12.4. The second kappa shape index (κ2) is 6.20. The van der Waals surface area contributed by atoms with E-state index in [1.165, 1.54) is 0 Å². The third-order valence-corrected chi connectivity index (χ3v) is 3.53. The van der Waals surface area contributed by atoms with E-state index in [9.17, 15) is 4.79 Å². The molecule has 0 unspecified atom stereocenters. The molecule has 0 N–H and O–H groups in total. The molecule has 0 aromatic carbocycles. The molecular formula is C17H30N2O2. The smallest absolute Gasteiger partial charge is 0.223 e. The van der Waals surface area contributed by atoms with Crippen LogP contribution in [0.3, 0.4) is 0 Å². The first kappa shape index (κ1) is 17.7. The van der Waals surface area contributed by atoms with Crippen LogP contribution in [-0.2, 0) is 16.6 Å². The summed E-state index contributed by atoms with van der Waals surface area (Å²) >= 11 is 0. The highest BCUT2D eigenvalue weighted by atomic mass is 16.4. The van der Waals surface area contributed by atoms with Gasteiger partial charge < -0.3 is 9.32 Å². The van der Waals surface area contributed by atoms with Crippen LogP contribution >= 0.6 is 0 Å². The average Bonchev–Trinajstić information content (AvgIpc) is 2.67. The molecule has 0 spiro atoms. The van der Waals surface area contributed by atoms with E-state index >= 15 is 0 Å². The fourth-order valence-electron chi connectivity index (χ4n) is 2.36. The second-order valence-electron chi connectivity index (χ2n) is 7.59. The van der Waals surface area contributed by atoms with Crippen LogP contribution in [0.25, 0.3) is 0 Å². The summed E-state index contributed by atoms with van der Waals surface area (Å²) in [5, 5.41) is 0. The summed E-state index contributed by atoms with van der Waals surface area (Å²) < 4.78 is 5.85. The molecule has 0 aliphatic rings. The molecule has 1 amide bonds. The lowest BCUT2D eigenvalue weighted by molar-refractivity contribution is -0.135. The fraction of sp³-hybridized carbons (Fsp3) is 0.765. The molecule has 0 radical (unpaired) electrons. The number of amides is 1. The van der Waals surface area contributed by atoms with Gasteiger partial charge in [-0.1, -0.05) is 20.8 Å². The maximum Gasteiger partial charge on any atom is 0.223 e. The van der Waals surface area contributed by atoms with Crippen LogP contribution in [0.2, 0.25) is 0 Å². The van der Waals surface area contributed by atoms with Gasteiger partial charge in [0.15, 0.2) is 5.89 Å². The van der Waals surface area contributed by atoms with Gasteiger partial charge in [0.1, 0.15) is 5.76 Å². The molecule has 21 heavy (non-hydrogen) atoms. The summed E-state index contributed by atoms with van der Waals surface area (Å²) in [6.07, 6.45) is 1.07. The maximum absolute atomic E-state index is 12.4. The van der Waals surface area contributed by atoms with Crippen LogP contribution in [0.15, 0.2) is 4.42 Å². The first-order valence-electron chi connectivity index (χ1n) is 7.74. The van der Waals surface area contributed by atoms with Gasteiger partial charge in [-0.25, -0.2) is 4.98 Å². The molecule has 0 aliphatic heterocycles. The van der Waals surface area contributed by atoms with E-state index in [4.69, 9.17) is 4.42 Å². The van der Waals surface area contributed by atoms with Gasteiger partial charge in [-0.15, -0.1) is 0 Å². The highest BCUT2D eigenvalue weighted by Crippen LogP contribution is 2.25. The molecule has 1 rings (SSSR count). The lowest BCUT2D eigenvalue weighted by Gasteiger charge is -2.34. The molecule has 0 fully saturated rings. The van der Waals surface area contributed by atoms with Gasteiger partial charge in [0, 0.05) is 30.3 Å². The Balaban J connectivity index is 2.76. The number of oxazole rings is 1. The number of carbonyl (C=O) groups is 1. The third-order valence-electron chi connectivity index (χ3n) is 3.53. The highest BCUT2D eigenvalue weighted by Gasteiger charge is 2.26. The Morgan fingerprint density at radius 3 is 2.14 bits per heavy atom. The van der Waals surface area contributed by atoms with Gasteiger partial charge in [-0.3, -0.25) is 4.79 Å². The molecular weight excluding hydrogens is 264 g/mol. The average molecular weight is 294 g/mol. The van der Waals surface area contributed by atoms with Crippen LogP contribution < -0.4 is 0 Å². The minimum Gasteiger partial charge on any atom is -0.445 e. The molecule has 0 saturated heterocycles. The lowest BCUT2D eigenvalue weighted by Crippen LogP contribution is -2.45. The highest BCUT2D eigenvalue weighted by molar-refractivity contribution is 5.77. The molecule has 1 heterocycles. The Labute approximate surface area is 128 Å². The van der Waals surface area contributed by atoms with E-state index in [0.29, 0.717) is 12.8 Å². The molecule has 120 valence electrons. The number of aryl methyl sites for hydroxylation is 2. The number of hydrogen-bond acceptors (Lipinski definition) is 3. The molecule has 0 saturated carbocycles. The predicted octanol–water partition coefficient (Wildman–Crippen LogP) is 3.86. The van der Waals surface area contributed by atoms with E-state index in [1.807, 2.05) is 18.7 Å². The molecule has 4 nitrogen and oxygen atoms in total. The van der Waals surface area contributed by atoms with Crippen molar-refractivity contribution in [3.63, 3.8) is 0 Å². The van der Waals surface area contributed by atoms with Crippen LogP contribution in [0.4, 0.5) is 0 Å². The molecule has 1 aromatic heterocycles. The molecule has 1 aromatic rings. The Morgan fingerprint density at radius 1 is 1.19 bits per heavy atom. The van der Waals surface area contributed by atoms with Crippen LogP contribution in [0, 0.1) is 6.92 Å². The topological polar surface area (TPSA) is 46.3 Å². The summed E-state index contributed by atoms with van der Waals surface area (Å²) in [4.78, 5) is 18.8. The van der Waals surface area contributed by atoms with Gasteiger partial charge in [-0.2, -0.15) is 0 Å². The second-order valence-corrected chi connectivity index (χ2v) is 7.59. The largest absolute Gasteiger partial charge is 0.445 e. The standard InChI is InChI=1S/C17H30N2O2/c1-9-19(17(6,7)8)14(20)11-10-13-12(2)18-15(21-13)16(3,4)5/h9-11H2,1-8H3. The summed E-state index contributed by atoms with van der Waals surface area (Å²) in [5.74, 6) is 1.74. The summed E-state index contributed by atoms with van der Waals surface area (Å²) in [5.41, 5.74) is 0.652. The first-order chi connectivity index (χ1) is 9.46. The van der Waals surface area contributed by atoms with Gasteiger partial charge in [0.05, 0.1) is 5.69 Å². The fourth-order valence-corrected chi connectivity index (χ4v) is 2.36. The minimum absolute atomic E-state index is 0.103. The van der Waals surface area contributed by atoms with Gasteiger partial charge in [0.25, 0.3) is 0 Å². The van der Waals surface area contributed by atoms with E-state index in [2.05, 4.69) is 46.5 Å². The van der Waals surface area contributed by atoms with Gasteiger partial charge >= 0.3 is 0 Å². The Kier molecular flexibility index (Phi) is 5.24. The van der Waals surface area contributed by atoms with Crippen LogP contribution in [0.1, 0.15) is 72.2 Å². The zero-order chi connectivity index (χ0) is 16.4. The van der Waals surface area contributed by atoms with Crippen molar-refractivity contribution in [2.45, 2.75) is 79.2 Å². The van der Waals surface area contributed by atoms with Gasteiger partial charge in [0.2, 0.25) is 5.91 Å².